The molecule has 2 aromatic heterocycles. The number of hydrogen-bond acceptors (Lipinski definition) is 7. The fourth-order valence-corrected chi connectivity index (χ4v) is 4.27. The molecular weight excluding hydrogens is 422 g/mol. The molecule has 0 bridgehead atoms. The lowest BCUT2D eigenvalue weighted by Crippen LogP contribution is -2.35. The molecule has 1 fully saturated rings. The predicted molar refractivity (Wildman–Crippen MR) is 110 cm³/mol. The summed E-state index contributed by atoms with van der Waals surface area (Å²) >= 11 is 0. The molecule has 0 unspecified atom stereocenters. The van der Waals surface area contributed by atoms with Gasteiger partial charge in [-0.2, -0.15) is 5.10 Å². The number of aromatic nitrogens is 4. The van der Waals surface area contributed by atoms with Gasteiger partial charge in [0.15, 0.2) is 5.65 Å². The van der Waals surface area contributed by atoms with Crippen LogP contribution in [-0.2, 0) is 0 Å². The number of anilines is 1. The van der Waals surface area contributed by atoms with Gasteiger partial charge in [0.2, 0.25) is 0 Å². The Hall–Kier alpha value is -3.44. The van der Waals surface area contributed by atoms with E-state index in [1.165, 1.54) is 35.5 Å². The topological polar surface area (TPSA) is 127 Å². The summed E-state index contributed by atoms with van der Waals surface area (Å²) in [7, 11) is 0. The number of hydrogen-bond donors (Lipinski definition) is 4. The van der Waals surface area contributed by atoms with Crippen molar-refractivity contribution in [1.29, 1.82) is 0 Å². The van der Waals surface area contributed by atoms with Crippen LogP contribution >= 0.6 is 0 Å². The highest BCUT2D eigenvalue weighted by Crippen LogP contribution is 2.36. The van der Waals surface area contributed by atoms with Gasteiger partial charge in [-0.1, -0.05) is 24.3 Å². The number of carbonyl (C=O) groups excluding carboxylic acids is 1. The molecule has 9 nitrogen and oxygen atoms in total. The second-order valence-corrected chi connectivity index (χ2v) is 7.92. The average Bonchev–Trinajstić information content (AvgIpc) is 3.47. The lowest BCUT2D eigenvalue weighted by molar-refractivity contribution is 0.0552. The Kier molecular flexibility index (Phi) is 5.06. The van der Waals surface area contributed by atoms with Crippen molar-refractivity contribution in [3.8, 4) is 0 Å². The number of fused-ring (bicyclic) bond motifs is 1. The number of alkyl halides is 1. The van der Waals surface area contributed by atoms with Crippen LogP contribution in [0, 0.1) is 5.82 Å². The SMILES string of the molecule is O=C(c1[nH]nc2ncnc(N[C@@H]3C=C[C@@H](O)[C@H]3O)c12)N1C[C@@H](F)C[C@@H]1c1cccc(F)c1. The highest BCUT2D eigenvalue weighted by molar-refractivity contribution is 6.08. The number of carbonyl (C=O) groups is 1. The van der Waals surface area contributed by atoms with Crippen LogP contribution in [0.15, 0.2) is 42.7 Å². The van der Waals surface area contributed by atoms with Crippen molar-refractivity contribution in [2.24, 2.45) is 0 Å². The monoisotopic (exact) mass is 442 g/mol. The van der Waals surface area contributed by atoms with E-state index in [2.05, 4.69) is 25.5 Å². The number of halogens is 2. The molecule has 0 spiro atoms. The van der Waals surface area contributed by atoms with Crippen molar-refractivity contribution in [2.45, 2.75) is 36.9 Å². The Labute approximate surface area is 180 Å². The van der Waals surface area contributed by atoms with Crippen molar-refractivity contribution in [2.75, 3.05) is 11.9 Å². The summed E-state index contributed by atoms with van der Waals surface area (Å²) in [6.45, 7) is -0.146. The first-order valence-corrected chi connectivity index (χ1v) is 10.1. The van der Waals surface area contributed by atoms with Gasteiger partial charge in [-0.25, -0.2) is 18.7 Å². The van der Waals surface area contributed by atoms with Crippen molar-refractivity contribution < 1.29 is 23.8 Å². The van der Waals surface area contributed by atoms with Gasteiger partial charge in [-0.05, 0) is 17.7 Å². The first-order chi connectivity index (χ1) is 15.4. The molecule has 1 amide bonds. The van der Waals surface area contributed by atoms with Gasteiger partial charge in [0, 0.05) is 6.42 Å². The number of aromatic amines is 1. The van der Waals surface area contributed by atoms with E-state index >= 15 is 0 Å². The van der Waals surface area contributed by atoms with Crippen LogP contribution in [-0.4, -0.2) is 72.2 Å². The zero-order chi connectivity index (χ0) is 22.4. The third-order valence-electron chi connectivity index (χ3n) is 5.85. The maximum atomic E-state index is 14.3. The molecule has 1 aliphatic heterocycles. The Morgan fingerprint density at radius 1 is 1.25 bits per heavy atom. The van der Waals surface area contributed by atoms with Crippen LogP contribution < -0.4 is 5.32 Å². The third-order valence-corrected chi connectivity index (χ3v) is 5.85. The zero-order valence-corrected chi connectivity index (χ0v) is 16.7. The number of aliphatic hydroxyl groups excluding tert-OH is 2. The first-order valence-electron chi connectivity index (χ1n) is 10.1. The largest absolute Gasteiger partial charge is 0.388 e. The summed E-state index contributed by atoms with van der Waals surface area (Å²) in [6, 6.07) is 4.49. The molecule has 3 aromatic rings. The van der Waals surface area contributed by atoms with Gasteiger partial charge in [-0.3, -0.25) is 9.89 Å². The van der Waals surface area contributed by atoms with E-state index in [1.54, 1.807) is 12.1 Å². The highest BCUT2D eigenvalue weighted by Gasteiger charge is 2.38. The minimum absolute atomic E-state index is 0.0515. The molecule has 0 radical (unpaired) electrons. The normalized spacial score (nSPS) is 27.4. The molecule has 5 atom stereocenters. The smallest absolute Gasteiger partial charge is 0.273 e. The average molecular weight is 442 g/mol. The summed E-state index contributed by atoms with van der Waals surface area (Å²) in [5.74, 6) is -0.759. The summed E-state index contributed by atoms with van der Waals surface area (Å²) < 4.78 is 28.1. The van der Waals surface area contributed by atoms with Crippen LogP contribution in [0.25, 0.3) is 11.0 Å². The summed E-state index contributed by atoms with van der Waals surface area (Å²) in [4.78, 5) is 23.0. The fourth-order valence-electron chi connectivity index (χ4n) is 4.27. The van der Waals surface area contributed by atoms with E-state index in [0.717, 1.165) is 0 Å². The minimum atomic E-state index is -1.25. The quantitative estimate of drug-likeness (QED) is 0.451. The van der Waals surface area contributed by atoms with E-state index in [9.17, 15) is 23.8 Å². The molecule has 166 valence electrons. The number of aliphatic hydroxyl groups is 2. The van der Waals surface area contributed by atoms with E-state index in [-0.39, 0.29) is 35.5 Å². The maximum absolute atomic E-state index is 14.3. The van der Waals surface area contributed by atoms with E-state index in [0.29, 0.717) is 5.56 Å². The van der Waals surface area contributed by atoms with Gasteiger partial charge in [0.05, 0.1) is 24.0 Å². The number of rotatable bonds is 4. The lowest BCUT2D eigenvalue weighted by Gasteiger charge is -2.24. The molecule has 5 rings (SSSR count). The predicted octanol–water partition coefficient (Wildman–Crippen LogP) is 1.49. The number of H-pyrrole nitrogens is 1. The maximum Gasteiger partial charge on any atom is 0.273 e. The molecule has 4 N–H and O–H groups in total. The summed E-state index contributed by atoms with van der Waals surface area (Å²) in [5.41, 5.74) is 0.766. The van der Waals surface area contributed by atoms with Crippen LogP contribution in [0.2, 0.25) is 0 Å². The van der Waals surface area contributed by atoms with Gasteiger partial charge in [0.1, 0.15) is 42.0 Å². The molecule has 1 saturated heterocycles. The molecule has 1 aliphatic carbocycles. The molecule has 3 heterocycles. The van der Waals surface area contributed by atoms with Crippen molar-refractivity contribution in [3.63, 3.8) is 0 Å². The van der Waals surface area contributed by atoms with Gasteiger partial charge < -0.3 is 20.4 Å². The van der Waals surface area contributed by atoms with Gasteiger partial charge in [0.25, 0.3) is 5.91 Å². The Morgan fingerprint density at radius 2 is 2.09 bits per heavy atom. The number of benzene rings is 1. The van der Waals surface area contributed by atoms with Crippen LogP contribution in [0.4, 0.5) is 14.6 Å². The van der Waals surface area contributed by atoms with Crippen molar-refractivity contribution >= 4 is 22.8 Å². The Bertz CT molecular complexity index is 1200. The summed E-state index contributed by atoms with van der Waals surface area (Å²) in [5, 5.41) is 29.9. The second kappa shape index (κ2) is 7.92. The van der Waals surface area contributed by atoms with Crippen LogP contribution in [0.3, 0.4) is 0 Å². The number of amides is 1. The number of nitrogens with zero attached hydrogens (tertiary/aromatic N) is 4. The standard InChI is InChI=1S/C21H20F2N6O3/c22-11-3-1-2-10(6-11)14-7-12(23)8-29(14)21(32)17-16-19(24-9-25-20(16)28-27-17)26-13-4-5-15(30)18(13)31/h1-6,9,12-15,18,30-31H,7-8H2,(H2,24,25,26,27,28)/t12-,13+,14+,15+,18-/m0/s1. The molecule has 2 aliphatic rings. The van der Waals surface area contributed by atoms with Crippen molar-refractivity contribution in [1.82, 2.24) is 25.1 Å². The lowest BCUT2D eigenvalue weighted by atomic mass is 10.0. The third kappa shape index (κ3) is 3.49. The van der Waals surface area contributed by atoms with E-state index in [1.807, 2.05) is 0 Å². The summed E-state index contributed by atoms with van der Waals surface area (Å²) in [6.07, 6.45) is 0.999. The van der Waals surface area contributed by atoms with Gasteiger partial charge >= 0.3 is 0 Å². The Morgan fingerprint density at radius 3 is 2.84 bits per heavy atom. The van der Waals surface area contributed by atoms with Crippen molar-refractivity contribution in [3.05, 3.63) is 59.8 Å². The van der Waals surface area contributed by atoms with E-state index < -0.39 is 42.2 Å². The van der Waals surface area contributed by atoms with Crippen LogP contribution in [0.1, 0.15) is 28.5 Å². The molecule has 1 aromatic carbocycles. The fraction of sp³-hybridized carbons (Fsp3) is 0.333. The van der Waals surface area contributed by atoms with Gasteiger partial charge in [-0.15, -0.1) is 0 Å². The molecule has 0 saturated carbocycles. The zero-order valence-electron chi connectivity index (χ0n) is 16.7. The first kappa shape index (κ1) is 20.5. The van der Waals surface area contributed by atoms with Crippen LogP contribution in [0.5, 0.6) is 0 Å². The van der Waals surface area contributed by atoms with E-state index in [4.69, 9.17) is 0 Å². The molecule has 32 heavy (non-hydrogen) atoms. The highest BCUT2D eigenvalue weighted by atomic mass is 19.1. The second-order valence-electron chi connectivity index (χ2n) is 7.92. The number of nitrogens with one attached hydrogen (secondary N) is 2. The Balaban J connectivity index is 1.50. The molecular formula is C21H20F2N6O3. The number of likely N-dealkylation sites (tertiary alicyclic amines) is 1. The minimum Gasteiger partial charge on any atom is -0.388 e. The molecule has 11 heteroatoms.